The number of ether oxygens (including phenoxy) is 1. The Balaban J connectivity index is 1.91. The fourth-order valence-electron chi connectivity index (χ4n) is 2.95. The minimum atomic E-state index is 0.577. The Labute approximate surface area is 126 Å². The van der Waals surface area contributed by atoms with E-state index in [0.717, 1.165) is 19.4 Å². The number of aryl methyl sites for hydroxylation is 2. The van der Waals surface area contributed by atoms with Gasteiger partial charge in [-0.3, -0.25) is 0 Å². The van der Waals surface area contributed by atoms with Gasteiger partial charge >= 0.3 is 0 Å². The van der Waals surface area contributed by atoms with Gasteiger partial charge in [0.15, 0.2) is 0 Å². The highest BCUT2D eigenvalue weighted by Crippen LogP contribution is 2.35. The third-order valence-corrected chi connectivity index (χ3v) is 3.95. The smallest absolute Gasteiger partial charge is 0.0646 e. The molecule has 3 heteroatoms. The van der Waals surface area contributed by atoms with E-state index in [1.165, 1.54) is 22.5 Å². The Morgan fingerprint density at radius 3 is 2.00 bits per heavy atom. The molecule has 0 fully saturated rings. The van der Waals surface area contributed by atoms with Gasteiger partial charge in [0.25, 0.3) is 0 Å². The van der Waals surface area contributed by atoms with Crippen LogP contribution in [0.2, 0.25) is 0 Å². The number of anilines is 2. The van der Waals surface area contributed by atoms with Crippen LogP contribution in [0.15, 0.2) is 48.5 Å². The van der Waals surface area contributed by atoms with Crippen molar-refractivity contribution >= 4 is 11.4 Å². The maximum Gasteiger partial charge on any atom is 0.0646 e. The molecule has 110 valence electrons. The minimum Gasteiger partial charge on any atom is -0.378 e. The molecule has 2 aromatic rings. The highest BCUT2D eigenvalue weighted by atomic mass is 16.5. The Bertz CT molecular complexity index is 550. The van der Waals surface area contributed by atoms with Gasteiger partial charge in [-0.1, -0.05) is 36.4 Å². The zero-order valence-electron chi connectivity index (χ0n) is 12.3. The van der Waals surface area contributed by atoms with E-state index in [1.807, 2.05) is 0 Å². The predicted octanol–water partition coefficient (Wildman–Crippen LogP) is 2.90. The summed E-state index contributed by atoms with van der Waals surface area (Å²) in [6.45, 7) is 2.75. The lowest BCUT2D eigenvalue weighted by molar-refractivity contribution is 0.149. The van der Waals surface area contributed by atoms with Crippen LogP contribution < -0.4 is 10.6 Å². The molecule has 21 heavy (non-hydrogen) atoms. The van der Waals surface area contributed by atoms with Crippen LogP contribution in [-0.4, -0.2) is 26.3 Å². The topological polar surface area (TPSA) is 38.5 Å². The summed E-state index contributed by atoms with van der Waals surface area (Å²) in [5.41, 5.74) is 10.9. The molecule has 0 aliphatic carbocycles. The molecule has 0 aromatic heterocycles. The van der Waals surface area contributed by atoms with Gasteiger partial charge in [0.05, 0.1) is 13.2 Å². The lowest BCUT2D eigenvalue weighted by Gasteiger charge is -2.26. The molecule has 0 radical (unpaired) electrons. The van der Waals surface area contributed by atoms with Crippen molar-refractivity contribution in [3.63, 3.8) is 0 Å². The van der Waals surface area contributed by atoms with Gasteiger partial charge in [-0.15, -0.1) is 0 Å². The normalized spacial score (nSPS) is 13.5. The van der Waals surface area contributed by atoms with Crippen LogP contribution in [0.3, 0.4) is 0 Å². The number of fused-ring (bicyclic) bond motifs is 2. The standard InChI is InChI=1S/C18H22N2O/c19-11-13-21-14-12-20-17-7-3-1-5-15(17)9-10-16-6-2-4-8-18(16)20/h1-8H,9-14,19H2. The third-order valence-electron chi connectivity index (χ3n) is 3.95. The molecule has 2 aromatic carbocycles. The third kappa shape index (κ3) is 3.09. The quantitative estimate of drug-likeness (QED) is 0.857. The van der Waals surface area contributed by atoms with E-state index < -0.39 is 0 Å². The van der Waals surface area contributed by atoms with E-state index in [2.05, 4.69) is 53.4 Å². The van der Waals surface area contributed by atoms with Crippen molar-refractivity contribution in [2.75, 3.05) is 31.2 Å². The van der Waals surface area contributed by atoms with Crippen LogP contribution in [0.5, 0.6) is 0 Å². The monoisotopic (exact) mass is 282 g/mol. The molecule has 0 bridgehead atoms. The Hall–Kier alpha value is -1.84. The van der Waals surface area contributed by atoms with E-state index in [4.69, 9.17) is 10.5 Å². The maximum atomic E-state index is 5.59. The molecule has 1 heterocycles. The van der Waals surface area contributed by atoms with Crippen LogP contribution in [0, 0.1) is 0 Å². The Kier molecular flexibility index (Phi) is 4.53. The van der Waals surface area contributed by atoms with Gasteiger partial charge in [-0.05, 0) is 36.1 Å². The van der Waals surface area contributed by atoms with Crippen molar-refractivity contribution in [2.45, 2.75) is 12.8 Å². The SMILES string of the molecule is NCCOCCN1c2ccccc2CCc2ccccc21. The second-order valence-electron chi connectivity index (χ2n) is 5.31. The first kappa shape index (κ1) is 14.1. The van der Waals surface area contributed by atoms with Gasteiger partial charge in [-0.2, -0.15) is 0 Å². The molecule has 0 atom stereocenters. The zero-order chi connectivity index (χ0) is 14.5. The summed E-state index contributed by atoms with van der Waals surface area (Å²) in [6.07, 6.45) is 2.18. The second-order valence-corrected chi connectivity index (χ2v) is 5.31. The summed E-state index contributed by atoms with van der Waals surface area (Å²) >= 11 is 0. The van der Waals surface area contributed by atoms with Crippen molar-refractivity contribution in [1.29, 1.82) is 0 Å². The lowest BCUT2D eigenvalue weighted by Crippen LogP contribution is -2.24. The molecule has 3 rings (SSSR count). The molecular weight excluding hydrogens is 260 g/mol. The average Bonchev–Trinajstić information content (AvgIpc) is 2.69. The van der Waals surface area contributed by atoms with E-state index in [1.54, 1.807) is 0 Å². The first-order valence-corrected chi connectivity index (χ1v) is 7.61. The molecule has 2 N–H and O–H groups in total. The Morgan fingerprint density at radius 1 is 0.857 bits per heavy atom. The maximum absolute atomic E-state index is 5.59. The van der Waals surface area contributed by atoms with Crippen molar-refractivity contribution in [1.82, 2.24) is 0 Å². The number of hydrogen-bond acceptors (Lipinski definition) is 3. The number of para-hydroxylation sites is 2. The minimum absolute atomic E-state index is 0.577. The van der Waals surface area contributed by atoms with Crippen molar-refractivity contribution < 1.29 is 4.74 Å². The van der Waals surface area contributed by atoms with Crippen LogP contribution in [0.25, 0.3) is 0 Å². The van der Waals surface area contributed by atoms with Gasteiger partial charge in [-0.25, -0.2) is 0 Å². The first-order chi connectivity index (χ1) is 10.4. The number of rotatable bonds is 5. The molecular formula is C18H22N2O. The van der Waals surface area contributed by atoms with E-state index >= 15 is 0 Å². The number of nitrogens with zero attached hydrogens (tertiary/aromatic N) is 1. The summed E-state index contributed by atoms with van der Waals surface area (Å²) in [6, 6.07) is 17.3. The molecule has 0 spiro atoms. The highest BCUT2D eigenvalue weighted by molar-refractivity contribution is 5.71. The van der Waals surface area contributed by atoms with Crippen LogP contribution >= 0.6 is 0 Å². The highest BCUT2D eigenvalue weighted by Gasteiger charge is 2.19. The van der Waals surface area contributed by atoms with E-state index in [0.29, 0.717) is 19.8 Å². The van der Waals surface area contributed by atoms with Gasteiger partial charge < -0.3 is 15.4 Å². The van der Waals surface area contributed by atoms with Crippen molar-refractivity contribution in [3.8, 4) is 0 Å². The van der Waals surface area contributed by atoms with Crippen LogP contribution in [-0.2, 0) is 17.6 Å². The molecule has 1 aliphatic rings. The zero-order valence-corrected chi connectivity index (χ0v) is 12.3. The summed E-state index contributed by atoms with van der Waals surface area (Å²) in [7, 11) is 0. The molecule has 0 amide bonds. The Morgan fingerprint density at radius 2 is 1.43 bits per heavy atom. The van der Waals surface area contributed by atoms with Crippen LogP contribution in [0.1, 0.15) is 11.1 Å². The number of benzene rings is 2. The van der Waals surface area contributed by atoms with E-state index in [9.17, 15) is 0 Å². The van der Waals surface area contributed by atoms with Gasteiger partial charge in [0.1, 0.15) is 0 Å². The summed E-state index contributed by atoms with van der Waals surface area (Å²) in [5, 5.41) is 0. The molecule has 1 aliphatic heterocycles. The summed E-state index contributed by atoms with van der Waals surface area (Å²) < 4.78 is 5.59. The van der Waals surface area contributed by atoms with Gasteiger partial charge in [0.2, 0.25) is 0 Å². The molecule has 0 saturated heterocycles. The fourth-order valence-corrected chi connectivity index (χ4v) is 2.95. The first-order valence-electron chi connectivity index (χ1n) is 7.61. The number of hydrogen-bond donors (Lipinski definition) is 1. The van der Waals surface area contributed by atoms with Crippen molar-refractivity contribution in [2.24, 2.45) is 5.73 Å². The van der Waals surface area contributed by atoms with Crippen molar-refractivity contribution in [3.05, 3.63) is 59.7 Å². The lowest BCUT2D eigenvalue weighted by atomic mass is 10.0. The largest absolute Gasteiger partial charge is 0.378 e. The predicted molar refractivity (Wildman–Crippen MR) is 87.2 cm³/mol. The molecule has 0 saturated carbocycles. The molecule has 0 unspecified atom stereocenters. The van der Waals surface area contributed by atoms with E-state index in [-0.39, 0.29) is 0 Å². The van der Waals surface area contributed by atoms with Gasteiger partial charge in [0, 0.05) is 24.5 Å². The second kappa shape index (κ2) is 6.74. The van der Waals surface area contributed by atoms with Crippen LogP contribution in [0.4, 0.5) is 11.4 Å². The summed E-state index contributed by atoms with van der Waals surface area (Å²) in [4.78, 5) is 2.38. The fraction of sp³-hybridized carbons (Fsp3) is 0.333. The average molecular weight is 282 g/mol. The molecule has 3 nitrogen and oxygen atoms in total. The summed E-state index contributed by atoms with van der Waals surface area (Å²) in [5.74, 6) is 0. The number of nitrogens with two attached hydrogens (primary N) is 1.